The highest BCUT2D eigenvalue weighted by Crippen LogP contribution is 2.25. The van der Waals surface area contributed by atoms with Gasteiger partial charge in [0.25, 0.3) is 5.91 Å². The first-order valence-corrected chi connectivity index (χ1v) is 10.00. The Hall–Kier alpha value is -4.46. The minimum absolute atomic E-state index is 0.225. The first-order valence-electron chi connectivity index (χ1n) is 10.00. The molecule has 1 atom stereocenters. The number of rotatable bonds is 4. The van der Waals surface area contributed by atoms with Crippen molar-refractivity contribution in [2.45, 2.75) is 13.0 Å². The molecule has 2 amide bonds. The summed E-state index contributed by atoms with van der Waals surface area (Å²) in [4.78, 5) is 44.1. The zero-order chi connectivity index (χ0) is 22.2. The van der Waals surface area contributed by atoms with Crippen LogP contribution in [0.1, 0.15) is 17.4 Å². The van der Waals surface area contributed by atoms with Crippen LogP contribution in [0.25, 0.3) is 32.8 Å². The number of H-pyrrole nitrogens is 1. The van der Waals surface area contributed by atoms with Crippen molar-refractivity contribution in [1.82, 2.24) is 15.3 Å². The minimum atomic E-state index is -0.799. The Balaban J connectivity index is 1.31. The smallest absolute Gasteiger partial charge is 0.336 e. The molecule has 5 rings (SSSR count). The zero-order valence-corrected chi connectivity index (χ0v) is 17.0. The maximum Gasteiger partial charge on any atom is 0.336 e. The first kappa shape index (κ1) is 19.5. The van der Waals surface area contributed by atoms with Crippen LogP contribution in [0.3, 0.4) is 0 Å². The number of anilines is 1. The largest absolute Gasteiger partial charge is 0.423 e. The molecule has 5 aromatic rings. The summed E-state index contributed by atoms with van der Waals surface area (Å²) >= 11 is 0. The first-order chi connectivity index (χ1) is 15.5. The van der Waals surface area contributed by atoms with E-state index in [4.69, 9.17) is 4.42 Å². The van der Waals surface area contributed by atoms with Gasteiger partial charge < -0.3 is 20.0 Å². The quantitative estimate of drug-likeness (QED) is 0.380. The van der Waals surface area contributed by atoms with E-state index in [1.807, 2.05) is 24.3 Å². The Bertz CT molecular complexity index is 1570. The van der Waals surface area contributed by atoms with Gasteiger partial charge in [0.1, 0.15) is 17.3 Å². The molecule has 0 saturated heterocycles. The molecule has 0 aliphatic rings. The van der Waals surface area contributed by atoms with Gasteiger partial charge in [-0.15, -0.1) is 0 Å². The van der Waals surface area contributed by atoms with E-state index >= 15 is 0 Å². The van der Waals surface area contributed by atoms with Gasteiger partial charge in [-0.1, -0.05) is 18.2 Å². The maximum atomic E-state index is 12.7. The number of benzene rings is 2. The highest BCUT2D eigenvalue weighted by atomic mass is 16.4. The molecule has 3 heterocycles. The van der Waals surface area contributed by atoms with Crippen LogP contribution < -0.4 is 16.3 Å². The second kappa shape index (κ2) is 7.66. The summed E-state index contributed by atoms with van der Waals surface area (Å²) in [6.07, 6.45) is 1.61. The van der Waals surface area contributed by atoms with Crippen molar-refractivity contribution in [2.75, 3.05) is 5.32 Å². The van der Waals surface area contributed by atoms with E-state index in [0.29, 0.717) is 16.7 Å². The van der Waals surface area contributed by atoms with Gasteiger partial charge in [-0.3, -0.25) is 9.59 Å². The molecule has 8 nitrogen and oxygen atoms in total. The molecule has 0 fully saturated rings. The van der Waals surface area contributed by atoms with Crippen molar-refractivity contribution in [3.8, 4) is 0 Å². The van der Waals surface area contributed by atoms with Gasteiger partial charge in [-0.2, -0.15) is 0 Å². The van der Waals surface area contributed by atoms with Crippen LogP contribution in [-0.4, -0.2) is 27.8 Å². The molecule has 0 spiro atoms. The summed E-state index contributed by atoms with van der Waals surface area (Å²) in [6, 6.07) is 16.6. The Morgan fingerprint density at radius 3 is 2.72 bits per heavy atom. The molecular weight excluding hydrogens is 408 g/mol. The number of hydrogen-bond donors (Lipinski definition) is 3. The van der Waals surface area contributed by atoms with Gasteiger partial charge >= 0.3 is 5.63 Å². The average Bonchev–Trinajstić information content (AvgIpc) is 3.17. The van der Waals surface area contributed by atoms with Crippen LogP contribution in [-0.2, 0) is 4.79 Å². The zero-order valence-electron chi connectivity index (χ0n) is 17.0. The lowest BCUT2D eigenvalue weighted by atomic mass is 10.1. The third kappa shape index (κ3) is 3.58. The van der Waals surface area contributed by atoms with Crippen LogP contribution in [0.2, 0.25) is 0 Å². The Labute approximate surface area is 181 Å². The molecule has 158 valence electrons. The molecule has 0 bridgehead atoms. The van der Waals surface area contributed by atoms with E-state index in [1.165, 1.54) is 6.07 Å². The van der Waals surface area contributed by atoms with Crippen LogP contribution in [0.15, 0.2) is 76.1 Å². The fourth-order valence-electron chi connectivity index (χ4n) is 3.61. The number of nitrogens with zero attached hydrogens (tertiary/aromatic N) is 1. The van der Waals surface area contributed by atoms with Crippen molar-refractivity contribution in [3.63, 3.8) is 0 Å². The summed E-state index contributed by atoms with van der Waals surface area (Å²) in [5.41, 5.74) is 2.53. The van der Waals surface area contributed by atoms with Gasteiger partial charge in [-0.05, 0) is 43.3 Å². The Morgan fingerprint density at radius 1 is 1.00 bits per heavy atom. The van der Waals surface area contributed by atoms with Crippen molar-refractivity contribution in [3.05, 3.63) is 83.0 Å². The van der Waals surface area contributed by atoms with Gasteiger partial charge in [0.15, 0.2) is 0 Å². The number of amides is 2. The summed E-state index contributed by atoms with van der Waals surface area (Å²) in [5, 5.41) is 8.00. The number of carbonyl (C=O) groups excluding carboxylic acids is 2. The van der Waals surface area contributed by atoms with Crippen LogP contribution in [0.5, 0.6) is 0 Å². The lowest BCUT2D eigenvalue weighted by molar-refractivity contribution is -0.117. The third-order valence-corrected chi connectivity index (χ3v) is 5.25. The minimum Gasteiger partial charge on any atom is -0.423 e. The Kier molecular flexibility index (Phi) is 4.67. The van der Waals surface area contributed by atoms with Gasteiger partial charge in [0.05, 0.1) is 11.7 Å². The lowest BCUT2D eigenvalue weighted by Crippen LogP contribution is -2.41. The summed E-state index contributed by atoms with van der Waals surface area (Å²) in [6.45, 7) is 1.59. The average molecular weight is 426 g/mol. The van der Waals surface area contributed by atoms with Crippen molar-refractivity contribution in [1.29, 1.82) is 0 Å². The lowest BCUT2D eigenvalue weighted by Gasteiger charge is -2.14. The molecule has 1 unspecified atom stereocenters. The van der Waals surface area contributed by atoms with E-state index in [9.17, 15) is 14.4 Å². The SMILES string of the molecule is CC(NC(=O)c1cc2c(cn1)[nH]c1ccccc12)C(=O)Nc1ccc2oc(=O)ccc2c1. The van der Waals surface area contributed by atoms with E-state index in [-0.39, 0.29) is 11.6 Å². The van der Waals surface area contributed by atoms with Crippen molar-refractivity contribution < 1.29 is 14.0 Å². The molecule has 0 radical (unpaired) electrons. The Morgan fingerprint density at radius 2 is 1.84 bits per heavy atom. The number of carbonyl (C=O) groups is 2. The van der Waals surface area contributed by atoms with Crippen molar-refractivity contribution in [2.24, 2.45) is 0 Å². The monoisotopic (exact) mass is 426 g/mol. The normalized spacial score (nSPS) is 12.2. The molecule has 2 aromatic carbocycles. The molecule has 0 saturated carbocycles. The van der Waals surface area contributed by atoms with E-state index in [2.05, 4.69) is 20.6 Å². The van der Waals surface area contributed by atoms with Crippen LogP contribution in [0, 0.1) is 0 Å². The van der Waals surface area contributed by atoms with Crippen molar-refractivity contribution >= 4 is 50.3 Å². The molecular formula is C24H18N4O4. The number of aromatic amines is 1. The van der Waals surface area contributed by atoms with E-state index < -0.39 is 17.6 Å². The standard InChI is InChI=1S/C24H18N4O4/c1-13(23(30)27-15-7-8-21-14(10-15)6-9-22(29)32-21)26-24(31)19-11-17-16-4-2-3-5-18(16)28-20(17)12-25-19/h2-13,28H,1H3,(H,26,31)(H,27,30). The summed E-state index contributed by atoms with van der Waals surface area (Å²) in [7, 11) is 0. The highest BCUT2D eigenvalue weighted by molar-refractivity contribution is 6.09. The molecule has 3 N–H and O–H groups in total. The predicted molar refractivity (Wildman–Crippen MR) is 122 cm³/mol. The second-order valence-corrected chi connectivity index (χ2v) is 7.48. The highest BCUT2D eigenvalue weighted by Gasteiger charge is 2.18. The fraction of sp³-hybridized carbons (Fsp3) is 0.0833. The summed E-state index contributed by atoms with van der Waals surface area (Å²) < 4.78 is 5.09. The maximum absolute atomic E-state index is 12.7. The van der Waals surface area contributed by atoms with Gasteiger partial charge in [0, 0.05) is 33.4 Å². The summed E-state index contributed by atoms with van der Waals surface area (Å²) in [5.74, 6) is -0.830. The number of hydrogen-bond acceptors (Lipinski definition) is 5. The van der Waals surface area contributed by atoms with E-state index in [1.54, 1.807) is 43.5 Å². The van der Waals surface area contributed by atoms with E-state index in [0.717, 1.165) is 21.8 Å². The topological polar surface area (TPSA) is 117 Å². The van der Waals surface area contributed by atoms with Gasteiger partial charge in [0.2, 0.25) is 5.91 Å². The predicted octanol–water partition coefficient (Wildman–Crippen LogP) is 3.58. The molecule has 32 heavy (non-hydrogen) atoms. The second-order valence-electron chi connectivity index (χ2n) is 7.48. The molecule has 3 aromatic heterocycles. The third-order valence-electron chi connectivity index (χ3n) is 5.25. The molecule has 0 aliphatic carbocycles. The van der Waals surface area contributed by atoms with Gasteiger partial charge in [-0.25, -0.2) is 9.78 Å². The number of pyridine rings is 1. The molecule has 0 aliphatic heterocycles. The number of aromatic nitrogens is 2. The van der Waals surface area contributed by atoms with Crippen LogP contribution >= 0.6 is 0 Å². The molecule has 8 heteroatoms. The number of nitrogens with one attached hydrogen (secondary N) is 3. The number of fused-ring (bicyclic) bond motifs is 4. The fourth-order valence-corrected chi connectivity index (χ4v) is 3.61. The number of para-hydroxylation sites is 1. The van der Waals surface area contributed by atoms with Crippen LogP contribution in [0.4, 0.5) is 5.69 Å².